The van der Waals surface area contributed by atoms with Crippen LogP contribution in [0.25, 0.3) is 0 Å². The molecule has 1 rings (SSSR count). The molecule has 30 heavy (non-hydrogen) atoms. The molecule has 1 aliphatic rings. The molecule has 0 bridgehead atoms. The zero-order valence-electron chi connectivity index (χ0n) is 16.3. The van der Waals surface area contributed by atoms with E-state index < -0.39 is 54.1 Å². The van der Waals surface area contributed by atoms with Crippen LogP contribution in [0.15, 0.2) is 0 Å². The number of carbonyl (C=O) groups excluding carboxylic acids is 4. The molecule has 6 N–H and O–H groups in total. The molecule has 13 heteroatoms. The number of nitrogens with one attached hydrogen (secondary N) is 2. The van der Waals surface area contributed by atoms with Crippen LogP contribution in [0, 0.1) is 0 Å². The van der Waals surface area contributed by atoms with Crippen molar-refractivity contribution in [3.63, 3.8) is 0 Å². The van der Waals surface area contributed by atoms with Gasteiger partial charge in [0.15, 0.2) is 0 Å². The number of thioether (sulfide) groups is 1. The van der Waals surface area contributed by atoms with E-state index in [2.05, 4.69) is 10.6 Å². The van der Waals surface area contributed by atoms with Crippen molar-refractivity contribution in [2.24, 2.45) is 5.73 Å². The maximum Gasteiger partial charge on any atom is 0.322 e. The Bertz CT molecular complexity index is 681. The fourth-order valence-corrected chi connectivity index (χ4v) is 3.47. The molecule has 2 atom stereocenters. The highest BCUT2D eigenvalue weighted by Gasteiger charge is 2.26. The number of likely N-dealkylation sites (tertiary alicyclic amines) is 1. The van der Waals surface area contributed by atoms with Gasteiger partial charge < -0.3 is 31.5 Å². The molecule has 3 amide bonds. The molecule has 0 aromatic carbocycles. The van der Waals surface area contributed by atoms with Gasteiger partial charge in [0.25, 0.3) is 5.91 Å². The van der Waals surface area contributed by atoms with E-state index in [1.807, 2.05) is 0 Å². The van der Waals surface area contributed by atoms with Gasteiger partial charge in [-0.3, -0.25) is 28.8 Å². The van der Waals surface area contributed by atoms with Crippen LogP contribution < -0.4 is 16.4 Å². The number of nitrogens with two attached hydrogens (primary N) is 1. The fourth-order valence-electron chi connectivity index (χ4n) is 2.57. The molecule has 0 saturated carbocycles. The first-order valence-electron chi connectivity index (χ1n) is 9.29. The highest BCUT2D eigenvalue weighted by atomic mass is 32.2. The van der Waals surface area contributed by atoms with Crippen LogP contribution in [0.1, 0.15) is 25.7 Å². The summed E-state index contributed by atoms with van der Waals surface area (Å²) in [5.41, 5.74) is 5.33. The summed E-state index contributed by atoms with van der Waals surface area (Å²) in [5.74, 6) is -5.46. The number of aliphatic carboxylic acids is 2. The largest absolute Gasteiger partial charge is 0.480 e. The first-order valence-corrected chi connectivity index (χ1v) is 10.4. The van der Waals surface area contributed by atoms with Gasteiger partial charge in [0.05, 0.1) is 5.75 Å². The SMILES string of the molecule is NC(CCC(=O)NC(CSCC(=O)C(=O)N1CCCC1)C(=O)NCC(=O)O)C(=O)O. The predicted molar refractivity (Wildman–Crippen MR) is 106 cm³/mol. The van der Waals surface area contributed by atoms with E-state index in [0.717, 1.165) is 24.6 Å². The van der Waals surface area contributed by atoms with Crippen LogP contribution in [-0.2, 0) is 28.8 Å². The molecule has 0 spiro atoms. The molecule has 0 aliphatic carbocycles. The summed E-state index contributed by atoms with van der Waals surface area (Å²) < 4.78 is 0. The molecule has 0 radical (unpaired) electrons. The average Bonchev–Trinajstić information content (AvgIpc) is 3.23. The van der Waals surface area contributed by atoms with Gasteiger partial charge in [0.2, 0.25) is 17.6 Å². The van der Waals surface area contributed by atoms with Gasteiger partial charge in [-0.15, -0.1) is 0 Å². The molecular weight excluding hydrogens is 420 g/mol. The average molecular weight is 446 g/mol. The number of amides is 3. The van der Waals surface area contributed by atoms with Crippen LogP contribution >= 0.6 is 11.8 Å². The van der Waals surface area contributed by atoms with Crippen molar-refractivity contribution in [1.29, 1.82) is 0 Å². The molecule has 1 aliphatic heterocycles. The molecule has 12 nitrogen and oxygen atoms in total. The van der Waals surface area contributed by atoms with Gasteiger partial charge in [0, 0.05) is 25.3 Å². The summed E-state index contributed by atoms with van der Waals surface area (Å²) >= 11 is 0.952. The van der Waals surface area contributed by atoms with Crippen molar-refractivity contribution < 1.29 is 39.0 Å². The van der Waals surface area contributed by atoms with Crippen LogP contribution in [0.2, 0.25) is 0 Å². The lowest BCUT2D eigenvalue weighted by Crippen LogP contribution is -2.49. The molecule has 2 unspecified atom stereocenters. The van der Waals surface area contributed by atoms with Gasteiger partial charge in [-0.25, -0.2) is 0 Å². The second-order valence-electron chi connectivity index (χ2n) is 6.65. The Kier molecular flexibility index (Phi) is 10.8. The Morgan fingerprint density at radius 1 is 1.07 bits per heavy atom. The Morgan fingerprint density at radius 3 is 2.27 bits per heavy atom. The molecule has 1 saturated heterocycles. The third-order valence-electron chi connectivity index (χ3n) is 4.21. The van der Waals surface area contributed by atoms with E-state index >= 15 is 0 Å². The number of carboxylic acids is 2. The van der Waals surface area contributed by atoms with Crippen LogP contribution in [0.4, 0.5) is 0 Å². The van der Waals surface area contributed by atoms with E-state index in [9.17, 15) is 28.8 Å². The van der Waals surface area contributed by atoms with E-state index in [4.69, 9.17) is 15.9 Å². The second kappa shape index (κ2) is 12.8. The standard InChI is InChI=1S/C17H26N4O8S/c18-10(17(28)29)3-4-13(23)20-11(15(26)19-7-14(24)25)8-30-9-12(22)16(27)21-5-1-2-6-21/h10-11H,1-9,18H2,(H,19,26)(H,20,23)(H,24,25)(H,28,29). The first kappa shape index (κ1) is 25.4. The van der Waals surface area contributed by atoms with Crippen molar-refractivity contribution in [2.75, 3.05) is 31.1 Å². The Labute approximate surface area is 176 Å². The molecule has 1 heterocycles. The summed E-state index contributed by atoms with van der Waals surface area (Å²) in [6.07, 6.45) is 1.28. The zero-order valence-corrected chi connectivity index (χ0v) is 17.1. The molecule has 168 valence electrons. The highest BCUT2D eigenvalue weighted by Crippen LogP contribution is 2.10. The number of carbonyl (C=O) groups is 6. The number of Topliss-reactive ketones (excluding diaryl/α,β-unsaturated/α-hetero) is 1. The third kappa shape index (κ3) is 9.22. The molecule has 0 aromatic heterocycles. The van der Waals surface area contributed by atoms with Crippen molar-refractivity contribution in [1.82, 2.24) is 15.5 Å². The number of rotatable bonds is 13. The van der Waals surface area contributed by atoms with Crippen molar-refractivity contribution in [2.45, 2.75) is 37.8 Å². The van der Waals surface area contributed by atoms with Crippen LogP contribution in [0.5, 0.6) is 0 Å². The smallest absolute Gasteiger partial charge is 0.322 e. The van der Waals surface area contributed by atoms with E-state index in [0.29, 0.717) is 13.1 Å². The monoisotopic (exact) mass is 446 g/mol. The summed E-state index contributed by atoms with van der Waals surface area (Å²) in [5, 5.41) is 21.9. The Balaban J connectivity index is 2.57. The number of hydrogen-bond donors (Lipinski definition) is 5. The second-order valence-corrected chi connectivity index (χ2v) is 7.68. The minimum absolute atomic E-state index is 0.0821. The van der Waals surface area contributed by atoms with Gasteiger partial charge in [-0.05, 0) is 19.3 Å². The fraction of sp³-hybridized carbons (Fsp3) is 0.647. The molecule has 0 aromatic rings. The Hall–Kier alpha value is -2.67. The summed E-state index contributed by atoms with van der Waals surface area (Å²) in [6, 6.07) is -2.41. The quantitative estimate of drug-likeness (QED) is 0.193. The van der Waals surface area contributed by atoms with Crippen molar-refractivity contribution >= 4 is 47.2 Å². The lowest BCUT2D eigenvalue weighted by molar-refractivity contribution is -0.142. The van der Waals surface area contributed by atoms with Gasteiger partial charge in [0.1, 0.15) is 18.6 Å². The van der Waals surface area contributed by atoms with E-state index in [1.54, 1.807) is 0 Å². The summed E-state index contributed by atoms with van der Waals surface area (Å²) in [6.45, 7) is 0.403. The number of carboxylic acid groups (broad SMARTS) is 2. The number of ketones is 1. The van der Waals surface area contributed by atoms with Crippen LogP contribution in [-0.4, -0.2) is 93.8 Å². The Morgan fingerprint density at radius 2 is 1.70 bits per heavy atom. The number of nitrogens with zero attached hydrogens (tertiary/aromatic N) is 1. The highest BCUT2D eigenvalue weighted by molar-refractivity contribution is 8.00. The maximum absolute atomic E-state index is 12.2. The normalized spacial score (nSPS) is 15.2. The van der Waals surface area contributed by atoms with Crippen LogP contribution in [0.3, 0.4) is 0 Å². The summed E-state index contributed by atoms with van der Waals surface area (Å²) in [7, 11) is 0. The zero-order chi connectivity index (χ0) is 22.7. The maximum atomic E-state index is 12.2. The van der Waals surface area contributed by atoms with Gasteiger partial charge >= 0.3 is 11.9 Å². The van der Waals surface area contributed by atoms with E-state index in [-0.39, 0.29) is 24.3 Å². The molecular formula is C17H26N4O8S. The predicted octanol–water partition coefficient (Wildman–Crippen LogP) is -2.21. The summed E-state index contributed by atoms with van der Waals surface area (Å²) in [4.78, 5) is 71.0. The van der Waals surface area contributed by atoms with Gasteiger partial charge in [-0.2, -0.15) is 11.8 Å². The number of hydrogen-bond acceptors (Lipinski definition) is 8. The van der Waals surface area contributed by atoms with Crippen molar-refractivity contribution in [3.05, 3.63) is 0 Å². The topological polar surface area (TPSA) is 196 Å². The minimum atomic E-state index is -1.28. The third-order valence-corrected chi connectivity index (χ3v) is 5.25. The minimum Gasteiger partial charge on any atom is -0.480 e. The van der Waals surface area contributed by atoms with Gasteiger partial charge in [-0.1, -0.05) is 0 Å². The lowest BCUT2D eigenvalue weighted by atomic mass is 10.1. The molecule has 1 fully saturated rings. The van der Waals surface area contributed by atoms with Crippen molar-refractivity contribution in [3.8, 4) is 0 Å². The lowest BCUT2D eigenvalue weighted by Gasteiger charge is -2.18. The van der Waals surface area contributed by atoms with E-state index in [1.165, 1.54) is 4.90 Å². The first-order chi connectivity index (χ1) is 14.1.